The van der Waals surface area contributed by atoms with E-state index in [0.717, 1.165) is 67.6 Å². The number of aryl methyl sites for hydroxylation is 2. The molecule has 0 radical (unpaired) electrons. The van der Waals surface area contributed by atoms with E-state index in [0.29, 0.717) is 30.6 Å². The van der Waals surface area contributed by atoms with E-state index < -0.39 is 0 Å². The third-order valence-electron chi connectivity index (χ3n) is 9.38. The Kier molecular flexibility index (Phi) is 10.3. The van der Waals surface area contributed by atoms with E-state index in [4.69, 9.17) is 4.99 Å². The van der Waals surface area contributed by atoms with Crippen LogP contribution in [-0.2, 0) is 0 Å². The number of amides is 1. The number of para-hydroxylation sites is 1. The van der Waals surface area contributed by atoms with Crippen molar-refractivity contribution < 1.29 is 9.18 Å². The Morgan fingerprint density at radius 3 is 2.36 bits per heavy atom. The lowest BCUT2D eigenvalue weighted by molar-refractivity contribution is 0.0701. The van der Waals surface area contributed by atoms with Crippen molar-refractivity contribution in [2.45, 2.75) is 71.9 Å². The smallest absolute Gasteiger partial charge is 0.253 e. The summed E-state index contributed by atoms with van der Waals surface area (Å²) < 4.78 is 14.1. The average Bonchev–Trinajstić information content (AvgIpc) is 3.05. The van der Waals surface area contributed by atoms with Gasteiger partial charge in [0.1, 0.15) is 5.82 Å². The summed E-state index contributed by atoms with van der Waals surface area (Å²) in [7, 11) is 0. The van der Waals surface area contributed by atoms with Gasteiger partial charge >= 0.3 is 0 Å². The monoisotopic (exact) mass is 594 g/mol. The molecule has 3 aromatic rings. The standard InChI is InChI=1S/C38H47FN4O/c1-6-28(4)41-37(31-11-9-12-33(39)25-31)35-15-14-32(24-27(35)3)38(44)42-22-18-30(19-23-42)29(5)43(34-16-20-40-21-17-34)36-13-8-7-10-26(36)2/h7-15,24-25,28,30,34,40H,5-6,16-23H2,1-4H3. The van der Waals surface area contributed by atoms with Crippen molar-refractivity contribution in [2.24, 2.45) is 10.9 Å². The molecular weight excluding hydrogens is 547 g/mol. The zero-order chi connectivity index (χ0) is 31.2. The number of nitrogens with zero attached hydrogens (tertiary/aromatic N) is 3. The fourth-order valence-corrected chi connectivity index (χ4v) is 6.59. The van der Waals surface area contributed by atoms with Gasteiger partial charge in [0.15, 0.2) is 0 Å². The van der Waals surface area contributed by atoms with Gasteiger partial charge in [-0.3, -0.25) is 9.79 Å². The lowest BCUT2D eigenvalue weighted by atomic mass is 9.90. The summed E-state index contributed by atoms with van der Waals surface area (Å²) in [4.78, 5) is 23.1. The van der Waals surface area contributed by atoms with Crippen LogP contribution in [0.15, 0.2) is 84.0 Å². The quantitative estimate of drug-likeness (QED) is 0.258. The Bertz CT molecular complexity index is 1500. The fourth-order valence-electron chi connectivity index (χ4n) is 6.59. The Morgan fingerprint density at radius 1 is 0.977 bits per heavy atom. The topological polar surface area (TPSA) is 47.9 Å². The van der Waals surface area contributed by atoms with Crippen LogP contribution in [0.5, 0.6) is 0 Å². The van der Waals surface area contributed by atoms with Gasteiger partial charge in [-0.25, -0.2) is 4.39 Å². The molecule has 0 aromatic heterocycles. The van der Waals surface area contributed by atoms with Gasteiger partial charge in [0.25, 0.3) is 5.91 Å². The highest BCUT2D eigenvalue weighted by Crippen LogP contribution is 2.35. The highest BCUT2D eigenvalue weighted by atomic mass is 19.1. The van der Waals surface area contributed by atoms with Gasteiger partial charge < -0.3 is 15.1 Å². The number of nitrogens with one attached hydrogen (secondary N) is 1. The lowest BCUT2D eigenvalue weighted by Gasteiger charge is -2.43. The Morgan fingerprint density at radius 2 is 1.70 bits per heavy atom. The minimum atomic E-state index is -0.285. The maximum Gasteiger partial charge on any atom is 0.253 e. The van der Waals surface area contributed by atoms with Crippen LogP contribution in [0.4, 0.5) is 10.1 Å². The summed E-state index contributed by atoms with van der Waals surface area (Å²) in [5.41, 5.74) is 7.80. The highest BCUT2D eigenvalue weighted by Gasteiger charge is 2.32. The number of hydrogen-bond donors (Lipinski definition) is 1. The molecule has 2 saturated heterocycles. The molecule has 6 heteroatoms. The van der Waals surface area contributed by atoms with Crippen molar-refractivity contribution in [1.29, 1.82) is 0 Å². The molecule has 2 aliphatic rings. The number of likely N-dealkylation sites (tertiary alicyclic amines) is 1. The molecule has 5 rings (SSSR count). The Hall–Kier alpha value is -3.77. The van der Waals surface area contributed by atoms with Gasteiger partial charge in [0.05, 0.1) is 5.71 Å². The van der Waals surface area contributed by atoms with E-state index >= 15 is 0 Å². The van der Waals surface area contributed by atoms with Gasteiger partial charge in [0.2, 0.25) is 0 Å². The number of rotatable bonds is 9. The van der Waals surface area contributed by atoms with Crippen LogP contribution in [0.1, 0.15) is 78.6 Å². The van der Waals surface area contributed by atoms with E-state index in [1.54, 1.807) is 6.07 Å². The number of benzene rings is 3. The van der Waals surface area contributed by atoms with Crippen LogP contribution in [0.3, 0.4) is 0 Å². The van der Waals surface area contributed by atoms with Crippen LogP contribution in [0.2, 0.25) is 0 Å². The number of aliphatic imine (C=N–C) groups is 1. The van der Waals surface area contributed by atoms with Gasteiger partial charge in [-0.1, -0.05) is 49.9 Å². The average molecular weight is 595 g/mol. The van der Waals surface area contributed by atoms with Crippen LogP contribution < -0.4 is 10.2 Å². The minimum Gasteiger partial charge on any atom is -0.342 e. The first-order chi connectivity index (χ1) is 21.3. The summed E-state index contributed by atoms with van der Waals surface area (Å²) in [6.07, 6.45) is 4.89. The van der Waals surface area contributed by atoms with Crippen LogP contribution >= 0.6 is 0 Å². The van der Waals surface area contributed by atoms with E-state index in [2.05, 4.69) is 61.8 Å². The maximum atomic E-state index is 14.1. The van der Waals surface area contributed by atoms with E-state index in [9.17, 15) is 9.18 Å². The maximum absolute atomic E-state index is 14.1. The molecule has 1 amide bonds. The second-order valence-electron chi connectivity index (χ2n) is 12.5. The molecule has 3 aromatic carbocycles. The zero-order valence-corrected chi connectivity index (χ0v) is 26.8. The third kappa shape index (κ3) is 7.13. The lowest BCUT2D eigenvalue weighted by Crippen LogP contribution is -2.46. The number of carbonyl (C=O) groups is 1. The zero-order valence-electron chi connectivity index (χ0n) is 26.8. The normalized spacial score (nSPS) is 17.4. The molecule has 2 heterocycles. The molecule has 0 spiro atoms. The summed E-state index contributed by atoms with van der Waals surface area (Å²) in [6, 6.07) is 21.6. The summed E-state index contributed by atoms with van der Waals surface area (Å²) in [5, 5.41) is 3.50. The molecule has 0 bridgehead atoms. The van der Waals surface area contributed by atoms with Crippen molar-refractivity contribution in [1.82, 2.24) is 10.2 Å². The second kappa shape index (κ2) is 14.3. The number of allylic oxidation sites excluding steroid dienone is 1. The molecular formula is C38H47FN4O. The first-order valence-electron chi connectivity index (χ1n) is 16.2. The van der Waals surface area contributed by atoms with Crippen LogP contribution in [0.25, 0.3) is 0 Å². The molecule has 2 aliphatic heterocycles. The van der Waals surface area contributed by atoms with Crippen molar-refractivity contribution in [3.8, 4) is 0 Å². The summed E-state index contributed by atoms with van der Waals surface area (Å²) in [6.45, 7) is 16.5. The SMILES string of the molecule is C=C(C1CCN(C(=O)c2ccc(C(=NC(C)CC)c3cccc(F)c3)c(C)c2)CC1)N(c1ccccc1C)C1CCNCC1. The van der Waals surface area contributed by atoms with E-state index in [-0.39, 0.29) is 17.8 Å². The fraction of sp³-hybridized carbons (Fsp3) is 0.421. The molecule has 1 atom stereocenters. The van der Waals surface area contributed by atoms with E-state index in [1.807, 2.05) is 36.1 Å². The predicted octanol–water partition coefficient (Wildman–Crippen LogP) is 7.70. The van der Waals surface area contributed by atoms with Crippen LogP contribution in [-0.4, -0.2) is 54.8 Å². The Labute approximate surface area is 262 Å². The molecule has 1 N–H and O–H groups in total. The highest BCUT2D eigenvalue weighted by molar-refractivity contribution is 6.14. The molecule has 0 aliphatic carbocycles. The number of piperidine rings is 2. The first-order valence-corrected chi connectivity index (χ1v) is 16.2. The molecule has 1 unspecified atom stereocenters. The van der Waals surface area contributed by atoms with Gasteiger partial charge in [-0.15, -0.1) is 0 Å². The predicted molar refractivity (Wildman–Crippen MR) is 180 cm³/mol. The largest absolute Gasteiger partial charge is 0.342 e. The number of carbonyl (C=O) groups excluding carboxylic acids is 1. The molecule has 44 heavy (non-hydrogen) atoms. The molecule has 0 saturated carbocycles. The summed E-state index contributed by atoms with van der Waals surface area (Å²) >= 11 is 0. The first kappa shape index (κ1) is 31.6. The molecule has 5 nitrogen and oxygen atoms in total. The Balaban J connectivity index is 1.30. The van der Waals surface area contributed by atoms with E-state index in [1.165, 1.54) is 29.1 Å². The molecule has 232 valence electrons. The van der Waals surface area contributed by atoms with Crippen molar-refractivity contribution in [3.05, 3.63) is 113 Å². The van der Waals surface area contributed by atoms with Crippen molar-refractivity contribution >= 4 is 17.3 Å². The van der Waals surface area contributed by atoms with Crippen molar-refractivity contribution in [3.63, 3.8) is 0 Å². The van der Waals surface area contributed by atoms with Gasteiger partial charge in [-0.2, -0.15) is 0 Å². The second-order valence-corrected chi connectivity index (χ2v) is 12.5. The summed E-state index contributed by atoms with van der Waals surface area (Å²) in [5.74, 6) is 0.111. The number of anilines is 1. The number of halogens is 1. The van der Waals surface area contributed by atoms with Gasteiger partial charge in [-0.05, 0) is 107 Å². The van der Waals surface area contributed by atoms with Crippen molar-refractivity contribution in [2.75, 3.05) is 31.1 Å². The minimum absolute atomic E-state index is 0.0593. The van der Waals surface area contributed by atoms with Gasteiger partial charge in [0, 0.05) is 59.2 Å². The number of hydrogen-bond acceptors (Lipinski definition) is 4. The third-order valence-corrected chi connectivity index (χ3v) is 9.38. The van der Waals surface area contributed by atoms with Crippen LogP contribution in [0, 0.1) is 25.6 Å². The molecule has 2 fully saturated rings.